The molecule has 4 rings (SSSR count). The lowest BCUT2D eigenvalue weighted by molar-refractivity contribution is 0.262. The van der Waals surface area contributed by atoms with Gasteiger partial charge in [0.25, 0.3) is 0 Å². The van der Waals surface area contributed by atoms with Crippen molar-refractivity contribution in [2.45, 2.75) is 20.5 Å². The van der Waals surface area contributed by atoms with Crippen molar-refractivity contribution in [3.05, 3.63) is 59.5 Å². The van der Waals surface area contributed by atoms with Gasteiger partial charge in [-0.1, -0.05) is 5.16 Å². The Kier molecular flexibility index (Phi) is 5.25. The molecule has 0 aliphatic carbocycles. The first-order chi connectivity index (χ1) is 14.5. The van der Waals surface area contributed by atoms with Crippen LogP contribution in [0.3, 0.4) is 0 Å². The van der Waals surface area contributed by atoms with Crippen LogP contribution in [0.5, 0.6) is 11.5 Å². The van der Waals surface area contributed by atoms with Crippen LogP contribution < -0.4 is 20.1 Å². The zero-order valence-electron chi connectivity index (χ0n) is 16.8. The number of amides is 2. The van der Waals surface area contributed by atoms with E-state index in [1.807, 2.05) is 32.0 Å². The predicted molar refractivity (Wildman–Crippen MR) is 112 cm³/mol. The number of aromatic nitrogens is 3. The molecule has 0 radical (unpaired) electrons. The second-order valence-electron chi connectivity index (χ2n) is 6.68. The summed E-state index contributed by atoms with van der Waals surface area (Å²) in [5.41, 5.74) is 3.13. The number of hydrogen-bond acceptors (Lipinski definition) is 6. The van der Waals surface area contributed by atoms with Gasteiger partial charge in [-0.05, 0) is 56.3 Å². The van der Waals surface area contributed by atoms with Crippen LogP contribution in [-0.2, 0) is 6.61 Å². The summed E-state index contributed by atoms with van der Waals surface area (Å²) in [6.45, 7) is 4.06. The molecule has 0 saturated carbocycles. The van der Waals surface area contributed by atoms with E-state index in [0.29, 0.717) is 29.6 Å². The molecule has 0 aliphatic rings. The molecule has 0 unspecified atom stereocenters. The van der Waals surface area contributed by atoms with Crippen LogP contribution in [0.4, 0.5) is 16.3 Å². The molecule has 4 aromatic rings. The molecule has 2 aromatic carbocycles. The highest BCUT2D eigenvalue weighted by molar-refractivity contribution is 6.04. The fourth-order valence-electron chi connectivity index (χ4n) is 2.99. The number of aromatic amines is 1. The Labute approximate surface area is 172 Å². The number of urea groups is 1. The summed E-state index contributed by atoms with van der Waals surface area (Å²) in [4.78, 5) is 12.4. The third kappa shape index (κ3) is 4.04. The average Bonchev–Trinajstić information content (AvgIpc) is 3.29. The van der Waals surface area contributed by atoms with Gasteiger partial charge in [-0.3, -0.25) is 10.4 Å². The van der Waals surface area contributed by atoms with Crippen molar-refractivity contribution >= 4 is 28.4 Å². The summed E-state index contributed by atoms with van der Waals surface area (Å²) in [5.74, 6) is 2.49. The molecule has 2 aromatic heterocycles. The van der Waals surface area contributed by atoms with Gasteiger partial charge in [0.15, 0.2) is 5.82 Å². The highest BCUT2D eigenvalue weighted by Crippen LogP contribution is 2.27. The van der Waals surface area contributed by atoms with Gasteiger partial charge in [-0.15, -0.1) is 0 Å². The molecule has 154 valence electrons. The second kappa shape index (κ2) is 8.16. The Morgan fingerprint density at radius 3 is 2.57 bits per heavy atom. The number of methoxy groups -OCH3 is 1. The summed E-state index contributed by atoms with van der Waals surface area (Å²) >= 11 is 0. The average molecular weight is 407 g/mol. The largest absolute Gasteiger partial charge is 0.497 e. The van der Waals surface area contributed by atoms with Gasteiger partial charge in [0.05, 0.1) is 23.9 Å². The molecule has 0 fully saturated rings. The number of nitrogens with zero attached hydrogens (tertiary/aromatic N) is 2. The molecule has 30 heavy (non-hydrogen) atoms. The van der Waals surface area contributed by atoms with E-state index >= 15 is 0 Å². The summed E-state index contributed by atoms with van der Waals surface area (Å²) in [6, 6.07) is 12.1. The number of nitrogens with one attached hydrogen (secondary N) is 3. The van der Waals surface area contributed by atoms with Crippen LogP contribution in [0.1, 0.15) is 17.0 Å². The van der Waals surface area contributed by atoms with E-state index in [4.69, 9.17) is 14.0 Å². The van der Waals surface area contributed by atoms with Crippen LogP contribution in [-0.4, -0.2) is 28.5 Å². The lowest BCUT2D eigenvalue weighted by Gasteiger charge is -2.08. The summed E-state index contributed by atoms with van der Waals surface area (Å²) in [6.07, 6.45) is 0. The number of benzene rings is 2. The Morgan fingerprint density at radius 1 is 1.10 bits per heavy atom. The topological polar surface area (TPSA) is 114 Å². The highest BCUT2D eigenvalue weighted by atomic mass is 16.5. The third-order valence-corrected chi connectivity index (χ3v) is 4.68. The van der Waals surface area contributed by atoms with Crippen LogP contribution in [0.15, 0.2) is 47.0 Å². The molecule has 0 atom stereocenters. The van der Waals surface area contributed by atoms with E-state index < -0.39 is 6.03 Å². The molecule has 0 saturated heterocycles. The number of hydrogen-bond donors (Lipinski definition) is 3. The lowest BCUT2D eigenvalue weighted by atomic mass is 10.2. The number of aryl methyl sites for hydroxylation is 2. The van der Waals surface area contributed by atoms with Crippen LogP contribution >= 0.6 is 0 Å². The van der Waals surface area contributed by atoms with Gasteiger partial charge in [0.1, 0.15) is 23.9 Å². The maximum Gasteiger partial charge on any atom is 0.324 e. The van der Waals surface area contributed by atoms with Crippen LogP contribution in [0.25, 0.3) is 10.9 Å². The Balaban J connectivity index is 1.46. The zero-order chi connectivity index (χ0) is 21.1. The lowest BCUT2D eigenvalue weighted by Crippen LogP contribution is -2.19. The number of anilines is 2. The molecular formula is C21H21N5O4. The minimum atomic E-state index is -0.407. The molecule has 2 heterocycles. The minimum absolute atomic E-state index is 0.339. The van der Waals surface area contributed by atoms with E-state index in [9.17, 15) is 4.79 Å². The maximum atomic E-state index is 12.4. The van der Waals surface area contributed by atoms with Gasteiger partial charge in [0, 0.05) is 11.1 Å². The van der Waals surface area contributed by atoms with E-state index in [1.54, 1.807) is 31.4 Å². The van der Waals surface area contributed by atoms with Crippen molar-refractivity contribution in [2.75, 3.05) is 17.7 Å². The van der Waals surface area contributed by atoms with Gasteiger partial charge in [0.2, 0.25) is 0 Å². The number of H-pyrrole nitrogens is 1. The van der Waals surface area contributed by atoms with Crippen molar-refractivity contribution < 1.29 is 18.8 Å². The summed E-state index contributed by atoms with van der Waals surface area (Å²) < 4.78 is 16.2. The summed E-state index contributed by atoms with van der Waals surface area (Å²) in [5, 5.41) is 17.3. The molecule has 0 bridgehead atoms. The summed E-state index contributed by atoms with van der Waals surface area (Å²) in [7, 11) is 1.59. The van der Waals surface area contributed by atoms with Crippen molar-refractivity contribution in [1.82, 2.24) is 15.4 Å². The molecule has 9 nitrogen and oxygen atoms in total. The molecular weight excluding hydrogens is 386 g/mol. The van der Waals surface area contributed by atoms with Gasteiger partial charge >= 0.3 is 6.03 Å². The molecule has 9 heteroatoms. The minimum Gasteiger partial charge on any atom is -0.497 e. The number of fused-ring (bicyclic) bond motifs is 1. The van der Waals surface area contributed by atoms with Gasteiger partial charge in [-0.25, -0.2) is 4.79 Å². The van der Waals surface area contributed by atoms with E-state index in [1.165, 1.54) is 0 Å². The van der Waals surface area contributed by atoms with Crippen molar-refractivity contribution in [2.24, 2.45) is 0 Å². The van der Waals surface area contributed by atoms with Crippen LogP contribution in [0.2, 0.25) is 0 Å². The standard InChI is InChI=1S/C21H21N5O4/c1-12-18(13(2)30-26-12)11-29-16-8-9-19-17(10-16)20(25-24-19)23-21(27)22-14-4-6-15(28-3)7-5-14/h4-10H,11H2,1-3H3,(H3,22,23,24,25,27). The second-order valence-corrected chi connectivity index (χ2v) is 6.68. The predicted octanol–water partition coefficient (Wildman–Crippen LogP) is 4.40. The fourth-order valence-corrected chi connectivity index (χ4v) is 2.99. The van der Waals surface area contributed by atoms with Crippen molar-refractivity contribution in [3.63, 3.8) is 0 Å². The molecule has 2 amide bonds. The monoisotopic (exact) mass is 407 g/mol. The third-order valence-electron chi connectivity index (χ3n) is 4.68. The quantitative estimate of drug-likeness (QED) is 0.436. The van der Waals surface area contributed by atoms with Gasteiger partial charge < -0.3 is 19.3 Å². The number of rotatable bonds is 6. The van der Waals surface area contributed by atoms with Crippen molar-refractivity contribution in [3.8, 4) is 11.5 Å². The first-order valence-corrected chi connectivity index (χ1v) is 9.28. The Bertz CT molecular complexity index is 1160. The van der Waals surface area contributed by atoms with Gasteiger partial charge in [-0.2, -0.15) is 5.10 Å². The first-order valence-electron chi connectivity index (χ1n) is 9.28. The first kappa shape index (κ1) is 19.3. The smallest absolute Gasteiger partial charge is 0.324 e. The van der Waals surface area contributed by atoms with E-state index in [-0.39, 0.29) is 0 Å². The molecule has 3 N–H and O–H groups in total. The number of ether oxygens (including phenoxy) is 2. The fraction of sp³-hybridized carbons (Fsp3) is 0.190. The Hall–Kier alpha value is -4.01. The molecule has 0 aliphatic heterocycles. The van der Waals surface area contributed by atoms with E-state index in [2.05, 4.69) is 26.0 Å². The zero-order valence-corrected chi connectivity index (χ0v) is 16.8. The Morgan fingerprint density at radius 2 is 1.87 bits per heavy atom. The molecule has 0 spiro atoms. The maximum absolute atomic E-state index is 12.4. The van der Waals surface area contributed by atoms with Crippen LogP contribution in [0, 0.1) is 13.8 Å². The normalized spacial score (nSPS) is 10.8. The van der Waals surface area contributed by atoms with Crippen molar-refractivity contribution in [1.29, 1.82) is 0 Å². The number of carbonyl (C=O) groups is 1. The highest BCUT2D eigenvalue weighted by Gasteiger charge is 2.13. The number of carbonyl (C=O) groups excluding carboxylic acids is 1. The van der Waals surface area contributed by atoms with E-state index in [0.717, 1.165) is 27.9 Å². The SMILES string of the molecule is COc1ccc(NC(=O)Nc2n[nH]c3ccc(OCc4c(C)noc4C)cc23)cc1.